The Bertz CT molecular complexity index is 598. The first-order valence-corrected chi connectivity index (χ1v) is 8.21. The van der Waals surface area contributed by atoms with E-state index in [9.17, 15) is 4.21 Å². The molecule has 5 heteroatoms. The maximum atomic E-state index is 11.3. The number of imidazole rings is 1. The molecular weight excluding hydrogens is 258 g/mol. The van der Waals surface area contributed by atoms with Gasteiger partial charge in [0.2, 0.25) is 0 Å². The van der Waals surface area contributed by atoms with Gasteiger partial charge in [0.15, 0.2) is 0 Å². The van der Waals surface area contributed by atoms with Crippen LogP contribution in [0, 0.1) is 0 Å². The molecule has 1 saturated heterocycles. The van der Waals surface area contributed by atoms with Crippen molar-refractivity contribution in [3.63, 3.8) is 0 Å². The molecule has 2 heterocycles. The number of aromatic nitrogens is 2. The van der Waals surface area contributed by atoms with Crippen molar-refractivity contribution in [3.05, 3.63) is 30.1 Å². The van der Waals surface area contributed by atoms with Crippen LogP contribution < -0.4 is 5.32 Å². The first-order chi connectivity index (χ1) is 9.24. The predicted octanol–water partition coefficient (Wildman–Crippen LogP) is 1.57. The summed E-state index contributed by atoms with van der Waals surface area (Å²) in [5.74, 6) is 2.73. The second-order valence-electron chi connectivity index (χ2n) is 5.08. The van der Waals surface area contributed by atoms with Crippen LogP contribution in [0.1, 0.15) is 18.7 Å². The lowest BCUT2D eigenvalue weighted by molar-refractivity contribution is 0.465. The van der Waals surface area contributed by atoms with Gasteiger partial charge < -0.3 is 9.88 Å². The molecule has 0 amide bonds. The summed E-state index contributed by atoms with van der Waals surface area (Å²) in [5, 5.41) is 3.54. The molecule has 2 aromatic rings. The summed E-state index contributed by atoms with van der Waals surface area (Å²) in [5.41, 5.74) is 2.22. The zero-order valence-electron chi connectivity index (χ0n) is 11.1. The molecule has 3 rings (SSSR count). The number of nitrogens with one attached hydrogen (secondary N) is 1. The molecule has 1 N–H and O–H groups in total. The van der Waals surface area contributed by atoms with Crippen LogP contribution in [0.4, 0.5) is 0 Å². The van der Waals surface area contributed by atoms with Gasteiger partial charge >= 0.3 is 0 Å². The van der Waals surface area contributed by atoms with E-state index in [0.717, 1.165) is 42.2 Å². The Balaban J connectivity index is 1.68. The molecule has 19 heavy (non-hydrogen) atoms. The zero-order valence-corrected chi connectivity index (χ0v) is 11.9. The third-order valence-electron chi connectivity index (χ3n) is 3.82. The fraction of sp³-hybridized carbons (Fsp3) is 0.500. The van der Waals surface area contributed by atoms with Gasteiger partial charge in [-0.2, -0.15) is 0 Å². The number of aryl methyl sites for hydroxylation is 1. The second kappa shape index (κ2) is 5.43. The molecule has 0 bridgehead atoms. The number of fused-ring (bicyclic) bond motifs is 1. The normalized spacial score (nSPS) is 23.8. The van der Waals surface area contributed by atoms with Gasteiger partial charge in [-0.1, -0.05) is 12.1 Å². The smallest absolute Gasteiger partial charge is 0.123 e. The number of hydrogen-bond donors (Lipinski definition) is 1. The van der Waals surface area contributed by atoms with Crippen molar-refractivity contribution in [2.75, 3.05) is 11.5 Å². The molecule has 0 aliphatic carbocycles. The number of hydrogen-bond acceptors (Lipinski definition) is 3. The molecule has 1 fully saturated rings. The van der Waals surface area contributed by atoms with Gasteiger partial charge in [-0.3, -0.25) is 4.21 Å². The standard InChI is InChI=1S/C14H19N3OS/c1-17-13-5-3-2-4-12(13)16-14(17)10-15-11-6-8-19(18)9-7-11/h2-5,11,15H,6-10H2,1H3. The third kappa shape index (κ3) is 2.72. The molecule has 0 unspecified atom stereocenters. The lowest BCUT2D eigenvalue weighted by Gasteiger charge is -2.22. The summed E-state index contributed by atoms with van der Waals surface area (Å²) in [6, 6.07) is 8.68. The topological polar surface area (TPSA) is 46.9 Å². The highest BCUT2D eigenvalue weighted by Gasteiger charge is 2.18. The summed E-state index contributed by atoms with van der Waals surface area (Å²) in [6.45, 7) is 0.780. The molecular formula is C14H19N3OS. The Labute approximate surface area is 115 Å². The Kier molecular flexibility index (Phi) is 3.66. The average Bonchev–Trinajstić information content (AvgIpc) is 2.76. The van der Waals surface area contributed by atoms with Gasteiger partial charge in [-0.25, -0.2) is 4.98 Å². The summed E-state index contributed by atoms with van der Waals surface area (Å²) in [4.78, 5) is 4.65. The minimum atomic E-state index is -0.587. The van der Waals surface area contributed by atoms with Crippen LogP contribution in [0.5, 0.6) is 0 Å². The van der Waals surface area contributed by atoms with Crippen molar-refractivity contribution in [3.8, 4) is 0 Å². The molecule has 1 aromatic carbocycles. The lowest BCUT2D eigenvalue weighted by Crippen LogP contribution is -2.35. The molecule has 0 radical (unpaired) electrons. The first-order valence-electron chi connectivity index (χ1n) is 6.73. The van der Waals surface area contributed by atoms with Gasteiger partial charge in [0, 0.05) is 35.4 Å². The van der Waals surface area contributed by atoms with Gasteiger partial charge in [0.1, 0.15) is 5.82 Å². The van der Waals surface area contributed by atoms with E-state index in [1.54, 1.807) is 0 Å². The highest BCUT2D eigenvalue weighted by Crippen LogP contribution is 2.15. The Hall–Kier alpha value is -1.20. The fourth-order valence-corrected chi connectivity index (χ4v) is 3.89. The van der Waals surface area contributed by atoms with Crippen molar-refractivity contribution >= 4 is 21.8 Å². The number of nitrogens with zero attached hydrogens (tertiary/aromatic N) is 2. The van der Waals surface area contributed by atoms with Crippen LogP contribution in [-0.2, 0) is 24.4 Å². The lowest BCUT2D eigenvalue weighted by atomic mass is 10.1. The van der Waals surface area contributed by atoms with Crippen molar-refractivity contribution < 1.29 is 4.21 Å². The maximum absolute atomic E-state index is 11.3. The van der Waals surface area contributed by atoms with Crippen LogP contribution in [0.2, 0.25) is 0 Å². The fourth-order valence-electron chi connectivity index (χ4n) is 2.59. The third-order valence-corrected chi connectivity index (χ3v) is 5.20. The predicted molar refractivity (Wildman–Crippen MR) is 78.5 cm³/mol. The van der Waals surface area contributed by atoms with E-state index in [1.807, 2.05) is 18.2 Å². The molecule has 0 spiro atoms. The first kappa shape index (κ1) is 12.8. The van der Waals surface area contributed by atoms with Crippen LogP contribution in [0.25, 0.3) is 11.0 Å². The van der Waals surface area contributed by atoms with Crippen molar-refractivity contribution in [2.45, 2.75) is 25.4 Å². The highest BCUT2D eigenvalue weighted by molar-refractivity contribution is 7.85. The molecule has 1 aliphatic rings. The van der Waals surface area contributed by atoms with Gasteiger partial charge in [-0.05, 0) is 25.0 Å². The molecule has 1 aliphatic heterocycles. The Morgan fingerprint density at radius 3 is 2.84 bits per heavy atom. The number of para-hydroxylation sites is 2. The Morgan fingerprint density at radius 2 is 2.11 bits per heavy atom. The van der Waals surface area contributed by atoms with E-state index in [-0.39, 0.29) is 0 Å². The van der Waals surface area contributed by atoms with E-state index in [2.05, 4.69) is 28.0 Å². The van der Waals surface area contributed by atoms with Crippen LogP contribution >= 0.6 is 0 Å². The second-order valence-corrected chi connectivity index (χ2v) is 6.78. The van der Waals surface area contributed by atoms with E-state index >= 15 is 0 Å². The summed E-state index contributed by atoms with van der Waals surface area (Å²) < 4.78 is 13.5. The van der Waals surface area contributed by atoms with E-state index in [1.165, 1.54) is 5.52 Å². The SMILES string of the molecule is Cn1c(CNC2CCS(=O)CC2)nc2ccccc21. The summed E-state index contributed by atoms with van der Waals surface area (Å²) in [7, 11) is 1.47. The van der Waals surface area contributed by atoms with Crippen molar-refractivity contribution in [2.24, 2.45) is 7.05 Å². The summed E-state index contributed by atoms with van der Waals surface area (Å²) >= 11 is 0. The zero-order chi connectivity index (χ0) is 13.2. The summed E-state index contributed by atoms with van der Waals surface area (Å²) in [6.07, 6.45) is 2.02. The largest absolute Gasteiger partial charge is 0.330 e. The average molecular weight is 277 g/mol. The van der Waals surface area contributed by atoms with Crippen molar-refractivity contribution in [1.29, 1.82) is 0 Å². The van der Waals surface area contributed by atoms with Gasteiger partial charge in [-0.15, -0.1) is 0 Å². The molecule has 102 valence electrons. The van der Waals surface area contributed by atoms with Crippen LogP contribution in [-0.4, -0.2) is 31.3 Å². The van der Waals surface area contributed by atoms with Gasteiger partial charge in [0.25, 0.3) is 0 Å². The minimum absolute atomic E-state index is 0.484. The number of benzene rings is 1. The van der Waals surface area contributed by atoms with Crippen LogP contribution in [0.3, 0.4) is 0 Å². The van der Waals surface area contributed by atoms with Crippen LogP contribution in [0.15, 0.2) is 24.3 Å². The monoisotopic (exact) mass is 277 g/mol. The molecule has 0 saturated carbocycles. The van der Waals surface area contributed by atoms with E-state index < -0.39 is 10.8 Å². The van der Waals surface area contributed by atoms with E-state index in [4.69, 9.17) is 0 Å². The Morgan fingerprint density at radius 1 is 1.37 bits per heavy atom. The minimum Gasteiger partial charge on any atom is -0.330 e. The van der Waals surface area contributed by atoms with E-state index in [0.29, 0.717) is 6.04 Å². The highest BCUT2D eigenvalue weighted by atomic mass is 32.2. The molecule has 0 atom stereocenters. The molecule has 4 nitrogen and oxygen atoms in total. The van der Waals surface area contributed by atoms with Gasteiger partial charge in [0.05, 0.1) is 17.6 Å². The maximum Gasteiger partial charge on any atom is 0.123 e. The quantitative estimate of drug-likeness (QED) is 0.926. The number of rotatable bonds is 3. The molecule has 1 aromatic heterocycles. The van der Waals surface area contributed by atoms with Crippen molar-refractivity contribution in [1.82, 2.24) is 14.9 Å².